The molecule has 0 aliphatic carbocycles. The first-order valence-electron chi connectivity index (χ1n) is 11.1. The lowest BCUT2D eigenvalue weighted by Crippen LogP contribution is -2.38. The summed E-state index contributed by atoms with van der Waals surface area (Å²) < 4.78 is 11.0. The molecule has 1 aromatic heterocycles. The number of carbonyl (C=O) groups is 3. The summed E-state index contributed by atoms with van der Waals surface area (Å²) in [7, 11) is 0. The molecule has 1 heterocycles. The number of ether oxygens (including phenoxy) is 2. The fourth-order valence-electron chi connectivity index (χ4n) is 2.91. The molecular weight excluding hydrogens is 422 g/mol. The molecule has 0 atom stereocenters. The molecule has 8 heteroatoms. The predicted octanol–water partition coefficient (Wildman–Crippen LogP) is 4.00. The minimum absolute atomic E-state index is 0.0586. The van der Waals surface area contributed by atoms with Crippen LogP contribution in [0.3, 0.4) is 0 Å². The Morgan fingerprint density at radius 1 is 1.09 bits per heavy atom. The maximum absolute atomic E-state index is 12.6. The van der Waals surface area contributed by atoms with Crippen LogP contribution in [0.2, 0.25) is 0 Å². The number of nitrogens with one attached hydrogen (secondary N) is 1. The highest BCUT2D eigenvalue weighted by Gasteiger charge is 2.22. The molecular formula is C25H33N3O5. The van der Waals surface area contributed by atoms with Crippen molar-refractivity contribution in [1.82, 2.24) is 15.2 Å². The van der Waals surface area contributed by atoms with Crippen LogP contribution in [0, 0.1) is 0 Å². The number of amides is 2. The molecule has 178 valence electrons. The maximum atomic E-state index is 12.6. The van der Waals surface area contributed by atoms with E-state index in [0.717, 1.165) is 5.56 Å². The van der Waals surface area contributed by atoms with E-state index < -0.39 is 11.7 Å². The second-order valence-corrected chi connectivity index (χ2v) is 8.56. The molecule has 0 spiro atoms. The second kappa shape index (κ2) is 12.6. The largest absolute Gasteiger partial charge is 0.484 e. The Balaban J connectivity index is 1.78. The van der Waals surface area contributed by atoms with Crippen LogP contribution in [-0.4, -0.2) is 53.0 Å². The third-order valence-corrected chi connectivity index (χ3v) is 4.54. The molecule has 0 aliphatic heterocycles. The first-order valence-corrected chi connectivity index (χ1v) is 11.1. The van der Waals surface area contributed by atoms with Crippen molar-refractivity contribution in [2.45, 2.75) is 52.7 Å². The van der Waals surface area contributed by atoms with Crippen LogP contribution in [-0.2, 0) is 16.1 Å². The van der Waals surface area contributed by atoms with Gasteiger partial charge in [0.2, 0.25) is 0 Å². The molecule has 0 saturated heterocycles. The van der Waals surface area contributed by atoms with Crippen LogP contribution in [0.1, 0.15) is 56.5 Å². The molecule has 1 aromatic carbocycles. The standard InChI is InChI=1S/C25H33N3O5/c1-5-22(29)20-9-11-21(12-10-20)32-18-23(30)27-14-7-15-28(24(31)33-25(2,3)4)17-19-8-6-13-26-16-19/h6,8-13,16H,5,7,14-15,17-18H2,1-4H3,(H,27,30). The van der Waals surface area contributed by atoms with Crippen molar-refractivity contribution in [3.63, 3.8) is 0 Å². The fourth-order valence-corrected chi connectivity index (χ4v) is 2.91. The van der Waals surface area contributed by atoms with Gasteiger partial charge in [0.05, 0.1) is 6.54 Å². The Hall–Kier alpha value is -3.42. The number of carbonyl (C=O) groups excluding carboxylic acids is 3. The van der Waals surface area contributed by atoms with Gasteiger partial charge in [-0.25, -0.2) is 4.79 Å². The zero-order valence-electron chi connectivity index (χ0n) is 19.8. The summed E-state index contributed by atoms with van der Waals surface area (Å²) in [6.45, 7) is 8.32. The van der Waals surface area contributed by atoms with Crippen LogP contribution >= 0.6 is 0 Å². The van der Waals surface area contributed by atoms with Crippen LogP contribution in [0.4, 0.5) is 4.79 Å². The maximum Gasteiger partial charge on any atom is 0.410 e. The van der Waals surface area contributed by atoms with E-state index in [9.17, 15) is 14.4 Å². The normalized spacial score (nSPS) is 10.9. The van der Waals surface area contributed by atoms with Crippen molar-refractivity contribution >= 4 is 17.8 Å². The van der Waals surface area contributed by atoms with Crippen LogP contribution < -0.4 is 10.1 Å². The summed E-state index contributed by atoms with van der Waals surface area (Å²) in [5.74, 6) is 0.313. The average Bonchev–Trinajstić information content (AvgIpc) is 2.79. The van der Waals surface area contributed by atoms with E-state index in [1.165, 1.54) is 0 Å². The molecule has 2 aromatic rings. The fraction of sp³-hybridized carbons (Fsp3) is 0.440. The Morgan fingerprint density at radius 3 is 2.42 bits per heavy atom. The number of pyridine rings is 1. The molecule has 2 amide bonds. The van der Waals surface area contributed by atoms with Gasteiger partial charge in [-0.15, -0.1) is 0 Å². The van der Waals surface area contributed by atoms with Gasteiger partial charge in [-0.05, 0) is 63.1 Å². The van der Waals surface area contributed by atoms with Crippen molar-refractivity contribution in [3.05, 3.63) is 59.9 Å². The van der Waals surface area contributed by atoms with Gasteiger partial charge in [0.25, 0.3) is 5.91 Å². The van der Waals surface area contributed by atoms with Gasteiger partial charge in [-0.2, -0.15) is 0 Å². The average molecular weight is 456 g/mol. The van der Waals surface area contributed by atoms with Gasteiger partial charge in [-0.1, -0.05) is 13.0 Å². The number of aromatic nitrogens is 1. The van der Waals surface area contributed by atoms with E-state index in [2.05, 4.69) is 10.3 Å². The summed E-state index contributed by atoms with van der Waals surface area (Å²) in [6, 6.07) is 10.4. The lowest BCUT2D eigenvalue weighted by atomic mass is 10.1. The van der Waals surface area contributed by atoms with Gasteiger partial charge < -0.3 is 19.7 Å². The molecule has 0 bridgehead atoms. The number of nitrogens with zero attached hydrogens (tertiary/aromatic N) is 2. The zero-order chi connectivity index (χ0) is 24.3. The first kappa shape index (κ1) is 25.8. The monoisotopic (exact) mass is 455 g/mol. The van der Waals surface area contributed by atoms with E-state index in [1.54, 1.807) is 41.6 Å². The van der Waals surface area contributed by atoms with E-state index in [0.29, 0.717) is 43.8 Å². The van der Waals surface area contributed by atoms with Crippen molar-refractivity contribution in [1.29, 1.82) is 0 Å². The highest BCUT2D eigenvalue weighted by atomic mass is 16.6. The van der Waals surface area contributed by atoms with Gasteiger partial charge in [0.1, 0.15) is 11.4 Å². The summed E-state index contributed by atoms with van der Waals surface area (Å²) in [6.07, 6.45) is 3.97. The Morgan fingerprint density at radius 2 is 1.82 bits per heavy atom. The molecule has 0 aliphatic rings. The lowest BCUT2D eigenvalue weighted by Gasteiger charge is -2.27. The van der Waals surface area contributed by atoms with E-state index in [4.69, 9.17) is 9.47 Å². The molecule has 0 unspecified atom stereocenters. The van der Waals surface area contributed by atoms with Crippen molar-refractivity contribution < 1.29 is 23.9 Å². The third kappa shape index (κ3) is 9.72. The smallest absolute Gasteiger partial charge is 0.410 e. The topological polar surface area (TPSA) is 97.8 Å². The second-order valence-electron chi connectivity index (χ2n) is 8.56. The summed E-state index contributed by atoms with van der Waals surface area (Å²) in [5, 5.41) is 2.79. The quantitative estimate of drug-likeness (QED) is 0.406. The van der Waals surface area contributed by atoms with Crippen molar-refractivity contribution in [3.8, 4) is 5.75 Å². The van der Waals surface area contributed by atoms with E-state index in [1.807, 2.05) is 39.8 Å². The van der Waals surface area contributed by atoms with Gasteiger partial charge in [-0.3, -0.25) is 14.6 Å². The highest BCUT2D eigenvalue weighted by molar-refractivity contribution is 5.95. The summed E-state index contributed by atoms with van der Waals surface area (Å²) >= 11 is 0. The molecule has 0 radical (unpaired) electrons. The Kier molecular flexibility index (Phi) is 9.84. The molecule has 33 heavy (non-hydrogen) atoms. The SMILES string of the molecule is CCC(=O)c1ccc(OCC(=O)NCCCN(Cc2cccnc2)C(=O)OC(C)(C)C)cc1. The molecule has 1 N–H and O–H groups in total. The summed E-state index contributed by atoms with van der Waals surface area (Å²) in [4.78, 5) is 42.0. The molecule has 8 nitrogen and oxygen atoms in total. The zero-order valence-corrected chi connectivity index (χ0v) is 19.8. The van der Waals surface area contributed by atoms with Crippen LogP contribution in [0.25, 0.3) is 0 Å². The third-order valence-electron chi connectivity index (χ3n) is 4.54. The number of Topliss-reactive ketones (excluding diaryl/α,β-unsaturated/α-hetero) is 1. The van der Waals surface area contributed by atoms with Crippen molar-refractivity contribution in [2.24, 2.45) is 0 Å². The predicted molar refractivity (Wildman–Crippen MR) is 125 cm³/mol. The number of rotatable bonds is 11. The lowest BCUT2D eigenvalue weighted by molar-refractivity contribution is -0.123. The number of hydrogen-bond acceptors (Lipinski definition) is 6. The first-order chi connectivity index (χ1) is 15.7. The van der Waals surface area contributed by atoms with Crippen molar-refractivity contribution in [2.75, 3.05) is 19.7 Å². The van der Waals surface area contributed by atoms with E-state index >= 15 is 0 Å². The number of hydrogen-bond donors (Lipinski definition) is 1. The number of ketones is 1. The van der Waals surface area contributed by atoms with Crippen LogP contribution in [0.15, 0.2) is 48.8 Å². The molecule has 0 fully saturated rings. The number of benzene rings is 1. The van der Waals surface area contributed by atoms with Gasteiger partial charge in [0.15, 0.2) is 12.4 Å². The van der Waals surface area contributed by atoms with Gasteiger partial charge >= 0.3 is 6.09 Å². The molecule has 0 saturated carbocycles. The molecule has 2 rings (SSSR count). The highest BCUT2D eigenvalue weighted by Crippen LogP contribution is 2.14. The van der Waals surface area contributed by atoms with Crippen LogP contribution in [0.5, 0.6) is 5.75 Å². The Labute approximate surface area is 195 Å². The minimum atomic E-state index is -0.599. The summed E-state index contributed by atoms with van der Waals surface area (Å²) in [5.41, 5.74) is 0.917. The minimum Gasteiger partial charge on any atom is -0.484 e. The van der Waals surface area contributed by atoms with E-state index in [-0.39, 0.29) is 18.3 Å². The Bertz CT molecular complexity index is 908. The van der Waals surface area contributed by atoms with Gasteiger partial charge in [0, 0.05) is 37.5 Å².